The Labute approximate surface area is 97.6 Å². The molecule has 0 rings (SSSR count). The number of carbonyl (C=O) groups excluding carboxylic acids is 1. The van der Waals surface area contributed by atoms with Gasteiger partial charge in [-0.3, -0.25) is 4.79 Å². The van der Waals surface area contributed by atoms with Gasteiger partial charge >= 0.3 is 5.97 Å². The first-order chi connectivity index (χ1) is 7.57. The lowest BCUT2D eigenvalue weighted by Crippen LogP contribution is -2.22. The summed E-state index contributed by atoms with van der Waals surface area (Å²) in [6, 6.07) is 0. The molecule has 2 atom stereocenters. The van der Waals surface area contributed by atoms with Crippen molar-refractivity contribution < 1.29 is 19.7 Å². The van der Waals surface area contributed by atoms with Crippen molar-refractivity contribution in [3.63, 3.8) is 0 Å². The number of hydrogen-bond acceptors (Lipinski definition) is 4. The van der Waals surface area contributed by atoms with Gasteiger partial charge in [0.1, 0.15) is 0 Å². The molecule has 0 aliphatic heterocycles. The molecule has 0 aromatic rings. The molecular formula is C12H24O4. The summed E-state index contributed by atoms with van der Waals surface area (Å²) in [6.45, 7) is 4.12. The topological polar surface area (TPSA) is 66.8 Å². The third-order valence-electron chi connectivity index (χ3n) is 2.45. The smallest absolute Gasteiger partial charge is 0.305 e. The van der Waals surface area contributed by atoms with Crippen LogP contribution in [0.1, 0.15) is 52.4 Å². The van der Waals surface area contributed by atoms with Gasteiger partial charge in [0.05, 0.1) is 18.8 Å². The Morgan fingerprint density at radius 1 is 1.25 bits per heavy atom. The Balaban J connectivity index is 3.37. The van der Waals surface area contributed by atoms with Crippen LogP contribution in [-0.2, 0) is 9.53 Å². The molecule has 0 saturated carbocycles. The average Bonchev–Trinajstić information content (AvgIpc) is 2.24. The van der Waals surface area contributed by atoms with Crippen LogP contribution in [0, 0.1) is 0 Å². The predicted molar refractivity (Wildman–Crippen MR) is 62.0 cm³/mol. The minimum Gasteiger partial charge on any atom is -0.466 e. The van der Waals surface area contributed by atoms with Crippen molar-refractivity contribution in [3.05, 3.63) is 0 Å². The maximum absolute atomic E-state index is 11.2. The Morgan fingerprint density at radius 2 is 1.94 bits per heavy atom. The Hall–Kier alpha value is -0.610. The molecular weight excluding hydrogens is 208 g/mol. The predicted octanol–water partition coefficient (Wildman–Crippen LogP) is 1.63. The molecule has 0 bridgehead atoms. The number of hydrogen-bond donors (Lipinski definition) is 2. The number of rotatable bonds is 9. The van der Waals surface area contributed by atoms with Crippen LogP contribution in [0.15, 0.2) is 0 Å². The normalized spacial score (nSPS) is 14.5. The SMILES string of the molecule is CCCCCOC(=O)CCCC(O)C(C)O. The summed E-state index contributed by atoms with van der Waals surface area (Å²) in [4.78, 5) is 11.2. The van der Waals surface area contributed by atoms with Gasteiger partial charge in [-0.25, -0.2) is 0 Å². The van der Waals surface area contributed by atoms with Crippen molar-refractivity contribution >= 4 is 5.97 Å². The van der Waals surface area contributed by atoms with E-state index in [-0.39, 0.29) is 5.97 Å². The quantitative estimate of drug-likeness (QED) is 0.468. The first kappa shape index (κ1) is 15.4. The maximum atomic E-state index is 11.2. The standard InChI is InChI=1S/C12H24O4/c1-3-4-5-9-16-12(15)8-6-7-11(14)10(2)13/h10-11,13-14H,3-9H2,1-2H3. The molecule has 2 unspecified atom stereocenters. The minimum atomic E-state index is -0.743. The molecule has 0 aromatic carbocycles. The Bertz CT molecular complexity index is 180. The zero-order valence-electron chi connectivity index (χ0n) is 10.3. The van der Waals surface area contributed by atoms with Crippen LogP contribution >= 0.6 is 0 Å². The van der Waals surface area contributed by atoms with E-state index in [1.54, 1.807) is 0 Å². The second kappa shape index (κ2) is 9.60. The van der Waals surface area contributed by atoms with E-state index in [4.69, 9.17) is 9.84 Å². The van der Waals surface area contributed by atoms with Gasteiger partial charge in [0, 0.05) is 6.42 Å². The van der Waals surface area contributed by atoms with Crippen LogP contribution < -0.4 is 0 Å². The summed E-state index contributed by atoms with van der Waals surface area (Å²) in [5.41, 5.74) is 0. The molecule has 96 valence electrons. The second-order valence-corrected chi connectivity index (χ2v) is 4.13. The molecule has 0 aliphatic rings. The summed E-state index contributed by atoms with van der Waals surface area (Å²) < 4.78 is 5.00. The van der Waals surface area contributed by atoms with Gasteiger partial charge in [-0.15, -0.1) is 0 Å². The summed E-state index contributed by atoms with van der Waals surface area (Å²) in [7, 11) is 0. The lowest BCUT2D eigenvalue weighted by molar-refractivity contribution is -0.144. The zero-order valence-corrected chi connectivity index (χ0v) is 10.3. The van der Waals surface area contributed by atoms with Gasteiger partial charge < -0.3 is 14.9 Å². The van der Waals surface area contributed by atoms with Gasteiger partial charge in [0.15, 0.2) is 0 Å². The highest BCUT2D eigenvalue weighted by Gasteiger charge is 2.11. The third kappa shape index (κ3) is 8.68. The number of ether oxygens (including phenoxy) is 1. The summed E-state index contributed by atoms with van der Waals surface area (Å²) in [5, 5.41) is 18.3. The molecule has 0 aliphatic carbocycles. The van der Waals surface area contributed by atoms with Crippen molar-refractivity contribution in [1.29, 1.82) is 0 Å². The van der Waals surface area contributed by atoms with E-state index in [9.17, 15) is 9.90 Å². The Morgan fingerprint density at radius 3 is 2.50 bits per heavy atom. The summed E-state index contributed by atoms with van der Waals surface area (Å²) in [5.74, 6) is -0.214. The highest BCUT2D eigenvalue weighted by Crippen LogP contribution is 2.06. The summed E-state index contributed by atoms with van der Waals surface area (Å²) >= 11 is 0. The lowest BCUT2D eigenvalue weighted by atomic mass is 10.1. The van der Waals surface area contributed by atoms with Crippen LogP contribution in [0.2, 0.25) is 0 Å². The van der Waals surface area contributed by atoms with Gasteiger partial charge in [-0.1, -0.05) is 19.8 Å². The number of aliphatic hydroxyl groups is 2. The number of esters is 1. The van der Waals surface area contributed by atoms with E-state index in [0.29, 0.717) is 25.9 Å². The molecule has 0 spiro atoms. The first-order valence-corrected chi connectivity index (χ1v) is 6.09. The number of unbranched alkanes of at least 4 members (excludes halogenated alkanes) is 2. The molecule has 16 heavy (non-hydrogen) atoms. The van der Waals surface area contributed by atoms with Crippen molar-refractivity contribution in [2.75, 3.05) is 6.61 Å². The highest BCUT2D eigenvalue weighted by molar-refractivity contribution is 5.69. The van der Waals surface area contributed by atoms with Gasteiger partial charge in [0.25, 0.3) is 0 Å². The van der Waals surface area contributed by atoms with Gasteiger partial charge in [-0.2, -0.15) is 0 Å². The van der Waals surface area contributed by atoms with E-state index in [0.717, 1.165) is 19.3 Å². The number of aliphatic hydroxyl groups excluding tert-OH is 2. The maximum Gasteiger partial charge on any atom is 0.305 e. The van der Waals surface area contributed by atoms with Crippen molar-refractivity contribution in [1.82, 2.24) is 0 Å². The van der Waals surface area contributed by atoms with E-state index >= 15 is 0 Å². The van der Waals surface area contributed by atoms with Crippen molar-refractivity contribution in [2.24, 2.45) is 0 Å². The minimum absolute atomic E-state index is 0.214. The molecule has 0 aromatic heterocycles. The van der Waals surface area contributed by atoms with Crippen LogP contribution in [-0.4, -0.2) is 35.0 Å². The fourth-order valence-corrected chi connectivity index (χ4v) is 1.31. The zero-order chi connectivity index (χ0) is 12.4. The van der Waals surface area contributed by atoms with Gasteiger partial charge in [0.2, 0.25) is 0 Å². The van der Waals surface area contributed by atoms with Gasteiger partial charge in [-0.05, 0) is 26.2 Å². The largest absolute Gasteiger partial charge is 0.466 e. The van der Waals surface area contributed by atoms with Crippen LogP contribution in [0.3, 0.4) is 0 Å². The van der Waals surface area contributed by atoms with Crippen molar-refractivity contribution in [2.45, 2.75) is 64.6 Å². The highest BCUT2D eigenvalue weighted by atomic mass is 16.5. The molecule has 4 heteroatoms. The fraction of sp³-hybridized carbons (Fsp3) is 0.917. The number of carbonyl (C=O) groups is 1. The van der Waals surface area contributed by atoms with Crippen LogP contribution in [0.4, 0.5) is 0 Å². The molecule has 0 heterocycles. The first-order valence-electron chi connectivity index (χ1n) is 6.09. The van der Waals surface area contributed by atoms with E-state index in [1.807, 2.05) is 0 Å². The lowest BCUT2D eigenvalue weighted by Gasteiger charge is -2.12. The molecule has 0 fully saturated rings. The van der Waals surface area contributed by atoms with E-state index < -0.39 is 12.2 Å². The average molecular weight is 232 g/mol. The van der Waals surface area contributed by atoms with Crippen LogP contribution in [0.25, 0.3) is 0 Å². The fourth-order valence-electron chi connectivity index (χ4n) is 1.31. The third-order valence-corrected chi connectivity index (χ3v) is 2.45. The van der Waals surface area contributed by atoms with Crippen LogP contribution in [0.5, 0.6) is 0 Å². The van der Waals surface area contributed by atoms with Crippen molar-refractivity contribution in [3.8, 4) is 0 Å². The molecule has 4 nitrogen and oxygen atoms in total. The molecule has 2 N–H and O–H groups in total. The molecule has 0 amide bonds. The molecule has 0 saturated heterocycles. The van der Waals surface area contributed by atoms with E-state index in [1.165, 1.54) is 6.92 Å². The monoisotopic (exact) mass is 232 g/mol. The van der Waals surface area contributed by atoms with E-state index in [2.05, 4.69) is 6.92 Å². The second-order valence-electron chi connectivity index (χ2n) is 4.13. The Kier molecular flexibility index (Phi) is 9.24. The summed E-state index contributed by atoms with van der Waals surface area (Å²) in [6.07, 6.45) is 2.93. The molecule has 0 radical (unpaired) electrons.